The van der Waals surface area contributed by atoms with Crippen LogP contribution in [0.1, 0.15) is 30.1 Å². The van der Waals surface area contributed by atoms with E-state index in [-0.39, 0.29) is 17.6 Å². The molecule has 0 saturated carbocycles. The number of thioether (sulfide) groups is 1. The second-order valence-electron chi connectivity index (χ2n) is 8.11. The molecule has 2 amide bonds. The molecule has 4 aromatic carbocycles. The van der Waals surface area contributed by atoms with E-state index in [1.54, 1.807) is 0 Å². The first kappa shape index (κ1) is 24.4. The van der Waals surface area contributed by atoms with Gasteiger partial charge in [-0.05, 0) is 71.8 Å². The fourth-order valence-electron chi connectivity index (χ4n) is 3.51. The molecule has 5 nitrogen and oxygen atoms in total. The monoisotopic (exact) mass is 484 g/mol. The Morgan fingerprint density at radius 3 is 2.40 bits per heavy atom. The van der Waals surface area contributed by atoms with Crippen molar-refractivity contribution in [1.82, 2.24) is 0 Å². The third kappa shape index (κ3) is 7.11. The number of anilines is 2. The number of fused-ring (bicyclic) bond motifs is 1. The van der Waals surface area contributed by atoms with Gasteiger partial charge in [0.15, 0.2) is 0 Å². The number of carbonyl (C=O) groups excluding carboxylic acids is 2. The fraction of sp³-hybridized carbons (Fsp3) is 0.172. The molecule has 2 N–H and O–H groups in total. The maximum Gasteiger partial charge on any atom is 0.255 e. The summed E-state index contributed by atoms with van der Waals surface area (Å²) in [4.78, 5) is 26.0. The molecular weight excluding hydrogens is 456 g/mol. The van der Waals surface area contributed by atoms with Crippen LogP contribution in [-0.2, 0) is 4.79 Å². The quantitative estimate of drug-likeness (QED) is 0.188. The Kier molecular flexibility index (Phi) is 8.41. The van der Waals surface area contributed by atoms with Crippen LogP contribution in [0.3, 0.4) is 0 Å². The number of benzene rings is 4. The standard InChI is InChI=1S/C29H28N2O3S/c1-2-3-17-34-26-15-13-24(14-16-26)30-28(32)20-35-27-10-6-9-25(19-27)31-29(33)23-12-11-21-7-4-5-8-22(21)18-23/h4-16,18-19H,2-3,17,20H2,1H3,(H,30,32)(H,31,33). The van der Waals surface area contributed by atoms with Crippen molar-refractivity contribution in [2.24, 2.45) is 0 Å². The summed E-state index contributed by atoms with van der Waals surface area (Å²) in [7, 11) is 0. The van der Waals surface area contributed by atoms with Crippen LogP contribution in [-0.4, -0.2) is 24.2 Å². The summed E-state index contributed by atoms with van der Waals surface area (Å²) < 4.78 is 5.65. The van der Waals surface area contributed by atoms with Crippen molar-refractivity contribution in [2.75, 3.05) is 23.0 Å². The normalized spacial score (nSPS) is 10.7. The highest BCUT2D eigenvalue weighted by atomic mass is 32.2. The minimum Gasteiger partial charge on any atom is -0.494 e. The van der Waals surface area contributed by atoms with Crippen molar-refractivity contribution in [3.05, 3.63) is 96.6 Å². The topological polar surface area (TPSA) is 67.4 Å². The largest absolute Gasteiger partial charge is 0.494 e. The molecule has 35 heavy (non-hydrogen) atoms. The number of unbranched alkanes of at least 4 members (excludes halogenated alkanes) is 1. The van der Waals surface area contributed by atoms with Gasteiger partial charge in [0.2, 0.25) is 5.91 Å². The SMILES string of the molecule is CCCCOc1ccc(NC(=O)CSc2cccc(NC(=O)c3ccc4ccccc4c3)c2)cc1. The van der Waals surface area contributed by atoms with Crippen molar-refractivity contribution < 1.29 is 14.3 Å². The highest BCUT2D eigenvalue weighted by Crippen LogP contribution is 2.23. The van der Waals surface area contributed by atoms with Crippen LogP contribution in [0.25, 0.3) is 10.8 Å². The number of carbonyl (C=O) groups is 2. The van der Waals surface area contributed by atoms with Crippen molar-refractivity contribution >= 4 is 45.7 Å². The number of rotatable bonds is 10. The van der Waals surface area contributed by atoms with Gasteiger partial charge in [-0.25, -0.2) is 0 Å². The molecule has 0 aromatic heterocycles. The van der Waals surface area contributed by atoms with Gasteiger partial charge in [-0.15, -0.1) is 11.8 Å². The lowest BCUT2D eigenvalue weighted by atomic mass is 10.1. The first-order valence-corrected chi connectivity index (χ1v) is 12.6. The zero-order valence-electron chi connectivity index (χ0n) is 19.6. The molecule has 0 unspecified atom stereocenters. The van der Waals surface area contributed by atoms with Crippen LogP contribution in [0.4, 0.5) is 11.4 Å². The van der Waals surface area contributed by atoms with Crippen LogP contribution in [0.5, 0.6) is 5.75 Å². The maximum atomic E-state index is 12.7. The molecule has 0 aliphatic rings. The second-order valence-corrected chi connectivity index (χ2v) is 9.16. The summed E-state index contributed by atoms with van der Waals surface area (Å²) in [6, 6.07) is 28.5. The van der Waals surface area contributed by atoms with E-state index in [2.05, 4.69) is 17.6 Å². The van der Waals surface area contributed by atoms with Crippen molar-refractivity contribution in [3.63, 3.8) is 0 Å². The molecule has 0 fully saturated rings. The lowest BCUT2D eigenvalue weighted by molar-refractivity contribution is -0.113. The Hall–Kier alpha value is -3.77. The molecule has 6 heteroatoms. The van der Waals surface area contributed by atoms with Crippen molar-refractivity contribution in [2.45, 2.75) is 24.7 Å². The molecule has 0 atom stereocenters. The van der Waals surface area contributed by atoms with E-state index >= 15 is 0 Å². The molecule has 0 bridgehead atoms. The Bertz CT molecular complexity index is 1300. The number of ether oxygens (including phenoxy) is 1. The average molecular weight is 485 g/mol. The molecule has 0 aliphatic carbocycles. The van der Waals surface area contributed by atoms with Crippen LogP contribution in [0.2, 0.25) is 0 Å². The highest BCUT2D eigenvalue weighted by molar-refractivity contribution is 8.00. The molecule has 0 spiro atoms. The number of amides is 2. The van der Waals surface area contributed by atoms with Crippen LogP contribution >= 0.6 is 11.8 Å². The van der Waals surface area contributed by atoms with Gasteiger partial charge in [-0.3, -0.25) is 9.59 Å². The minimum absolute atomic E-state index is 0.0970. The van der Waals surface area contributed by atoms with Gasteiger partial charge in [0.05, 0.1) is 12.4 Å². The fourth-order valence-corrected chi connectivity index (χ4v) is 4.27. The zero-order chi connectivity index (χ0) is 24.5. The van der Waals surface area contributed by atoms with E-state index in [0.29, 0.717) is 17.9 Å². The van der Waals surface area contributed by atoms with Crippen molar-refractivity contribution in [3.8, 4) is 5.75 Å². The summed E-state index contributed by atoms with van der Waals surface area (Å²) in [6.45, 7) is 2.82. The maximum absolute atomic E-state index is 12.7. The number of hydrogen-bond donors (Lipinski definition) is 2. The van der Waals surface area contributed by atoms with Gasteiger partial charge >= 0.3 is 0 Å². The van der Waals surface area contributed by atoms with Gasteiger partial charge in [0.25, 0.3) is 5.91 Å². The van der Waals surface area contributed by atoms with E-state index < -0.39 is 0 Å². The van der Waals surface area contributed by atoms with E-state index in [1.807, 2.05) is 91.0 Å². The van der Waals surface area contributed by atoms with E-state index in [0.717, 1.165) is 39.9 Å². The molecule has 4 aromatic rings. The summed E-state index contributed by atoms with van der Waals surface area (Å²) >= 11 is 1.42. The van der Waals surface area contributed by atoms with Crippen molar-refractivity contribution in [1.29, 1.82) is 0 Å². The Balaban J connectivity index is 1.29. The van der Waals surface area contributed by atoms with Gasteiger partial charge in [-0.2, -0.15) is 0 Å². The Morgan fingerprint density at radius 2 is 1.60 bits per heavy atom. The summed E-state index contributed by atoms with van der Waals surface area (Å²) in [5, 5.41) is 7.97. The summed E-state index contributed by atoms with van der Waals surface area (Å²) in [6.07, 6.45) is 2.11. The highest BCUT2D eigenvalue weighted by Gasteiger charge is 2.09. The van der Waals surface area contributed by atoms with Gasteiger partial charge in [-0.1, -0.05) is 49.7 Å². The van der Waals surface area contributed by atoms with Gasteiger partial charge in [0, 0.05) is 21.8 Å². The predicted molar refractivity (Wildman–Crippen MR) is 145 cm³/mol. The summed E-state index contributed by atoms with van der Waals surface area (Å²) in [5.41, 5.74) is 2.02. The predicted octanol–water partition coefficient (Wildman–Crippen LogP) is 7.00. The Labute approximate surface area is 209 Å². The molecule has 0 radical (unpaired) electrons. The smallest absolute Gasteiger partial charge is 0.255 e. The van der Waals surface area contributed by atoms with Gasteiger partial charge < -0.3 is 15.4 Å². The van der Waals surface area contributed by atoms with E-state index in [4.69, 9.17) is 4.74 Å². The van der Waals surface area contributed by atoms with E-state index in [1.165, 1.54) is 11.8 Å². The van der Waals surface area contributed by atoms with Crippen LogP contribution in [0, 0.1) is 0 Å². The number of hydrogen-bond acceptors (Lipinski definition) is 4. The average Bonchev–Trinajstić information content (AvgIpc) is 2.88. The first-order valence-electron chi connectivity index (χ1n) is 11.7. The van der Waals surface area contributed by atoms with Crippen LogP contribution in [0.15, 0.2) is 95.9 Å². The molecule has 0 aliphatic heterocycles. The molecule has 0 saturated heterocycles. The third-order valence-electron chi connectivity index (χ3n) is 5.38. The minimum atomic E-state index is -0.169. The molecule has 4 rings (SSSR count). The lowest BCUT2D eigenvalue weighted by Gasteiger charge is -2.09. The molecule has 178 valence electrons. The third-order valence-corrected chi connectivity index (χ3v) is 6.37. The molecule has 0 heterocycles. The summed E-state index contributed by atoms with van der Waals surface area (Å²) in [5.74, 6) is 0.794. The van der Waals surface area contributed by atoms with Crippen LogP contribution < -0.4 is 15.4 Å². The van der Waals surface area contributed by atoms with Gasteiger partial charge in [0.1, 0.15) is 5.75 Å². The Morgan fingerprint density at radius 1 is 0.800 bits per heavy atom. The second kappa shape index (κ2) is 12.1. The molecular formula is C29H28N2O3S. The lowest BCUT2D eigenvalue weighted by Crippen LogP contribution is -2.14. The first-order chi connectivity index (χ1) is 17.1. The van der Waals surface area contributed by atoms with E-state index in [9.17, 15) is 9.59 Å². The number of nitrogens with one attached hydrogen (secondary N) is 2. The zero-order valence-corrected chi connectivity index (χ0v) is 20.4.